The number of hydrogen-bond acceptors (Lipinski definition) is 6. The number of carbonyl (C=O) groups is 3. The van der Waals surface area contributed by atoms with Crippen LogP contribution in [0.2, 0.25) is 0 Å². The molecule has 0 saturated heterocycles. The van der Waals surface area contributed by atoms with E-state index in [0.29, 0.717) is 19.3 Å². The number of unbranched alkanes of at least 4 members (excludes halogenated alkanes) is 34. The summed E-state index contributed by atoms with van der Waals surface area (Å²) in [6.45, 7) is 8.98. The van der Waals surface area contributed by atoms with Crippen LogP contribution in [0.5, 0.6) is 0 Å². The second kappa shape index (κ2) is 46.5. The third kappa shape index (κ3) is 45.5. The van der Waals surface area contributed by atoms with E-state index < -0.39 is 6.10 Å². The van der Waals surface area contributed by atoms with Crippen molar-refractivity contribution in [1.29, 1.82) is 0 Å². The molecule has 0 aromatic carbocycles. The molecular formula is C52H100O6. The van der Waals surface area contributed by atoms with Gasteiger partial charge in [0.2, 0.25) is 0 Å². The molecule has 0 radical (unpaired) electrons. The molecule has 344 valence electrons. The average molecular weight is 821 g/mol. The van der Waals surface area contributed by atoms with Crippen LogP contribution in [0.1, 0.15) is 291 Å². The predicted octanol–water partition coefficient (Wildman–Crippen LogP) is 16.7. The van der Waals surface area contributed by atoms with Gasteiger partial charge in [0, 0.05) is 19.3 Å². The van der Waals surface area contributed by atoms with Crippen LogP contribution in [0, 0.1) is 5.92 Å². The van der Waals surface area contributed by atoms with Crippen molar-refractivity contribution in [3.05, 3.63) is 0 Å². The summed E-state index contributed by atoms with van der Waals surface area (Å²) in [5, 5.41) is 0. The Bertz CT molecular complexity index is 872. The topological polar surface area (TPSA) is 78.9 Å². The van der Waals surface area contributed by atoms with Crippen molar-refractivity contribution in [3.8, 4) is 0 Å². The summed E-state index contributed by atoms with van der Waals surface area (Å²) in [6.07, 6.45) is 48.1. The Hall–Kier alpha value is -1.59. The maximum absolute atomic E-state index is 12.8. The molecule has 6 heteroatoms. The van der Waals surface area contributed by atoms with Gasteiger partial charge in [-0.25, -0.2) is 0 Å². The fourth-order valence-corrected chi connectivity index (χ4v) is 7.86. The van der Waals surface area contributed by atoms with E-state index in [1.54, 1.807) is 0 Å². The van der Waals surface area contributed by atoms with Crippen molar-refractivity contribution in [2.75, 3.05) is 13.2 Å². The van der Waals surface area contributed by atoms with Gasteiger partial charge < -0.3 is 14.2 Å². The third-order valence-electron chi connectivity index (χ3n) is 11.8. The summed E-state index contributed by atoms with van der Waals surface area (Å²) >= 11 is 0. The van der Waals surface area contributed by atoms with Crippen LogP contribution in [0.4, 0.5) is 0 Å². The van der Waals surface area contributed by atoms with Crippen LogP contribution in [-0.2, 0) is 28.6 Å². The SMILES string of the molecule is CCCCCCCCCCCCCCCCCCC(=O)OC[C@@H](COC(=O)CCCCCCCCCC(C)C)OC(=O)CCCCCCCCCCCCCCCC. The van der Waals surface area contributed by atoms with Crippen LogP contribution in [0.3, 0.4) is 0 Å². The van der Waals surface area contributed by atoms with E-state index in [4.69, 9.17) is 14.2 Å². The molecule has 0 rings (SSSR count). The molecule has 0 aromatic rings. The third-order valence-corrected chi connectivity index (χ3v) is 11.8. The van der Waals surface area contributed by atoms with Crippen LogP contribution < -0.4 is 0 Å². The molecule has 0 unspecified atom stereocenters. The highest BCUT2D eigenvalue weighted by atomic mass is 16.6. The fraction of sp³-hybridized carbons (Fsp3) is 0.942. The molecule has 0 aliphatic carbocycles. The van der Waals surface area contributed by atoms with Crippen molar-refractivity contribution >= 4 is 17.9 Å². The van der Waals surface area contributed by atoms with E-state index >= 15 is 0 Å². The summed E-state index contributed by atoms with van der Waals surface area (Å²) in [6, 6.07) is 0. The first kappa shape index (κ1) is 56.4. The molecule has 0 aliphatic rings. The van der Waals surface area contributed by atoms with Gasteiger partial charge in [-0.1, -0.05) is 252 Å². The van der Waals surface area contributed by atoms with E-state index in [1.807, 2.05) is 0 Å². The lowest BCUT2D eigenvalue weighted by molar-refractivity contribution is -0.167. The lowest BCUT2D eigenvalue weighted by Gasteiger charge is -2.18. The van der Waals surface area contributed by atoms with Crippen molar-refractivity contribution in [2.45, 2.75) is 297 Å². The van der Waals surface area contributed by atoms with E-state index in [2.05, 4.69) is 27.7 Å². The van der Waals surface area contributed by atoms with Gasteiger partial charge in [-0.3, -0.25) is 14.4 Å². The lowest BCUT2D eigenvalue weighted by atomic mass is 10.0. The summed E-state index contributed by atoms with van der Waals surface area (Å²) in [7, 11) is 0. The molecule has 0 aliphatic heterocycles. The second-order valence-electron chi connectivity index (χ2n) is 18.3. The molecule has 0 spiro atoms. The first-order valence-electron chi connectivity index (χ1n) is 25.9. The molecule has 0 aromatic heterocycles. The molecule has 0 fully saturated rings. The molecule has 0 saturated carbocycles. The number of esters is 3. The predicted molar refractivity (Wildman–Crippen MR) is 247 cm³/mol. The summed E-state index contributed by atoms with van der Waals surface area (Å²) in [5.41, 5.74) is 0. The van der Waals surface area contributed by atoms with Crippen LogP contribution in [-0.4, -0.2) is 37.2 Å². The van der Waals surface area contributed by atoms with E-state index in [0.717, 1.165) is 63.7 Å². The highest BCUT2D eigenvalue weighted by Crippen LogP contribution is 2.17. The normalized spacial score (nSPS) is 11.9. The number of hydrogen-bond donors (Lipinski definition) is 0. The van der Waals surface area contributed by atoms with Gasteiger partial charge in [0.05, 0.1) is 0 Å². The quantitative estimate of drug-likeness (QED) is 0.0346. The lowest BCUT2D eigenvalue weighted by Crippen LogP contribution is -2.30. The zero-order valence-corrected chi connectivity index (χ0v) is 39.5. The highest BCUT2D eigenvalue weighted by Gasteiger charge is 2.19. The average Bonchev–Trinajstić information content (AvgIpc) is 3.21. The molecular weight excluding hydrogens is 721 g/mol. The largest absolute Gasteiger partial charge is 0.462 e. The minimum atomic E-state index is -0.760. The molecule has 6 nitrogen and oxygen atoms in total. The molecule has 0 N–H and O–H groups in total. The first-order valence-corrected chi connectivity index (χ1v) is 25.9. The van der Waals surface area contributed by atoms with Gasteiger partial charge in [-0.2, -0.15) is 0 Å². The van der Waals surface area contributed by atoms with Gasteiger partial charge in [0.1, 0.15) is 13.2 Å². The molecule has 0 bridgehead atoms. The standard InChI is InChI=1S/C52H100O6/c1-5-7-9-11-13-15-17-19-21-22-24-25-27-31-35-39-43-50(53)56-46-49(47-57-51(54)44-40-36-33-29-30-34-38-42-48(3)4)58-52(55)45-41-37-32-28-26-23-20-18-16-14-12-10-8-6-2/h48-49H,5-47H2,1-4H3/t49-/m0/s1. The van der Waals surface area contributed by atoms with Gasteiger partial charge >= 0.3 is 17.9 Å². The maximum atomic E-state index is 12.8. The van der Waals surface area contributed by atoms with Crippen LogP contribution in [0.15, 0.2) is 0 Å². The summed E-state index contributed by atoms with van der Waals surface area (Å²) in [4.78, 5) is 37.9. The zero-order chi connectivity index (χ0) is 42.4. The van der Waals surface area contributed by atoms with Gasteiger partial charge in [0.25, 0.3) is 0 Å². The molecule has 0 amide bonds. The highest BCUT2D eigenvalue weighted by molar-refractivity contribution is 5.71. The minimum Gasteiger partial charge on any atom is -0.462 e. The Kier molecular flexibility index (Phi) is 45.2. The minimum absolute atomic E-state index is 0.0632. The van der Waals surface area contributed by atoms with Crippen molar-refractivity contribution in [3.63, 3.8) is 0 Å². The molecule has 1 atom stereocenters. The van der Waals surface area contributed by atoms with Crippen LogP contribution in [0.25, 0.3) is 0 Å². The monoisotopic (exact) mass is 821 g/mol. The second-order valence-corrected chi connectivity index (χ2v) is 18.3. The Morgan fingerprint density at radius 3 is 0.845 bits per heavy atom. The van der Waals surface area contributed by atoms with Crippen molar-refractivity contribution < 1.29 is 28.6 Å². The van der Waals surface area contributed by atoms with E-state index in [9.17, 15) is 14.4 Å². The van der Waals surface area contributed by atoms with Gasteiger partial charge in [-0.15, -0.1) is 0 Å². The maximum Gasteiger partial charge on any atom is 0.306 e. The first-order chi connectivity index (χ1) is 28.4. The van der Waals surface area contributed by atoms with Gasteiger partial charge in [-0.05, 0) is 25.2 Å². The van der Waals surface area contributed by atoms with Gasteiger partial charge in [0.15, 0.2) is 6.10 Å². The Labute approximate surface area is 361 Å². The number of carbonyl (C=O) groups excluding carboxylic acids is 3. The zero-order valence-electron chi connectivity index (χ0n) is 39.5. The molecule has 58 heavy (non-hydrogen) atoms. The fourth-order valence-electron chi connectivity index (χ4n) is 7.86. The number of ether oxygens (including phenoxy) is 3. The Balaban J connectivity index is 4.28. The van der Waals surface area contributed by atoms with Crippen LogP contribution >= 0.6 is 0 Å². The van der Waals surface area contributed by atoms with E-state index in [-0.39, 0.29) is 31.1 Å². The summed E-state index contributed by atoms with van der Waals surface area (Å²) < 4.78 is 16.8. The Morgan fingerprint density at radius 2 is 0.569 bits per heavy atom. The number of rotatable bonds is 47. The van der Waals surface area contributed by atoms with E-state index in [1.165, 1.54) is 186 Å². The molecule has 0 heterocycles. The van der Waals surface area contributed by atoms with Crippen molar-refractivity contribution in [1.82, 2.24) is 0 Å². The Morgan fingerprint density at radius 1 is 0.328 bits per heavy atom. The van der Waals surface area contributed by atoms with Crippen molar-refractivity contribution in [2.24, 2.45) is 5.92 Å². The smallest absolute Gasteiger partial charge is 0.306 e. The summed E-state index contributed by atoms with van der Waals surface area (Å²) in [5.74, 6) is -0.0655.